The summed E-state index contributed by atoms with van der Waals surface area (Å²) in [6.07, 6.45) is 4.97. The first-order valence-corrected chi connectivity index (χ1v) is 13.7. The highest BCUT2D eigenvalue weighted by Crippen LogP contribution is 2.33. The number of aryl methyl sites for hydroxylation is 1. The van der Waals surface area contributed by atoms with E-state index in [9.17, 15) is 9.18 Å². The van der Waals surface area contributed by atoms with E-state index in [1.807, 2.05) is 64.2 Å². The zero-order valence-electron chi connectivity index (χ0n) is 25.1. The quantitative estimate of drug-likeness (QED) is 0.167. The second kappa shape index (κ2) is 13.8. The molecule has 0 aliphatic carbocycles. The van der Waals surface area contributed by atoms with Gasteiger partial charge in [-0.3, -0.25) is 9.69 Å². The average molecular weight is 586 g/mol. The maximum absolute atomic E-state index is 14.6. The van der Waals surface area contributed by atoms with Gasteiger partial charge in [0.05, 0.1) is 30.2 Å². The van der Waals surface area contributed by atoms with Gasteiger partial charge in [0.1, 0.15) is 35.2 Å². The summed E-state index contributed by atoms with van der Waals surface area (Å²) in [5.41, 5.74) is 10.8. The average Bonchev–Trinajstić information content (AvgIpc) is 3.30. The van der Waals surface area contributed by atoms with E-state index in [1.165, 1.54) is 19.5 Å². The molecular weight excluding hydrogens is 549 g/mol. The van der Waals surface area contributed by atoms with Crippen molar-refractivity contribution >= 4 is 45.5 Å². The first kappa shape index (κ1) is 31.0. The van der Waals surface area contributed by atoms with Crippen LogP contribution in [0.4, 0.5) is 33.1 Å². The summed E-state index contributed by atoms with van der Waals surface area (Å²) in [5.74, 6) is 0.983. The first-order chi connectivity index (χ1) is 20.7. The number of likely N-dealkylation sites (N-methyl/N-ethyl adjacent to an activating group) is 1. The minimum atomic E-state index is -0.460. The molecule has 1 aliphatic rings. The molecule has 43 heavy (non-hydrogen) atoms. The molecule has 12 heteroatoms. The van der Waals surface area contributed by atoms with Crippen molar-refractivity contribution in [3.8, 4) is 5.75 Å². The second-order valence-electron chi connectivity index (χ2n) is 10.3. The molecule has 5 rings (SSSR count). The van der Waals surface area contributed by atoms with E-state index in [1.54, 1.807) is 29.3 Å². The lowest BCUT2D eigenvalue weighted by atomic mass is 10.0. The summed E-state index contributed by atoms with van der Waals surface area (Å²) in [4.78, 5) is 29.8. The topological polar surface area (TPSA) is 132 Å². The minimum Gasteiger partial charge on any atom is -0.496 e. The van der Waals surface area contributed by atoms with Crippen molar-refractivity contribution in [2.24, 2.45) is 11.0 Å². The zero-order valence-corrected chi connectivity index (χ0v) is 25.1. The van der Waals surface area contributed by atoms with Crippen molar-refractivity contribution < 1.29 is 13.9 Å². The van der Waals surface area contributed by atoms with Gasteiger partial charge < -0.3 is 20.3 Å². The maximum atomic E-state index is 14.6. The molecule has 1 fully saturated rings. The third-order valence-corrected chi connectivity index (χ3v) is 6.97. The van der Waals surface area contributed by atoms with E-state index in [2.05, 4.69) is 30.7 Å². The van der Waals surface area contributed by atoms with Crippen LogP contribution in [-0.2, 0) is 4.79 Å². The van der Waals surface area contributed by atoms with Gasteiger partial charge in [0.25, 0.3) is 5.91 Å². The van der Waals surface area contributed by atoms with Crippen molar-refractivity contribution in [1.29, 1.82) is 5.53 Å². The Hall–Kier alpha value is -4.97. The number of halogens is 1. The summed E-state index contributed by atoms with van der Waals surface area (Å²) < 4.78 is 19.8. The fourth-order valence-corrected chi connectivity index (χ4v) is 4.67. The van der Waals surface area contributed by atoms with Gasteiger partial charge in [-0.2, -0.15) is 5.11 Å². The van der Waals surface area contributed by atoms with Gasteiger partial charge >= 0.3 is 0 Å². The van der Waals surface area contributed by atoms with Crippen LogP contribution in [0, 0.1) is 24.2 Å². The number of nitrogens with zero attached hydrogens (tertiary/aromatic N) is 6. The number of hydrogen-bond acceptors (Lipinski definition) is 10. The van der Waals surface area contributed by atoms with E-state index >= 15 is 0 Å². The second-order valence-corrected chi connectivity index (χ2v) is 10.3. The smallest absolute Gasteiger partial charge is 0.255 e. The maximum Gasteiger partial charge on any atom is 0.255 e. The number of aromatic nitrogens is 3. The number of benzene rings is 2. The highest BCUT2D eigenvalue weighted by atomic mass is 19.1. The largest absolute Gasteiger partial charge is 0.496 e. The molecule has 3 heterocycles. The standard InChI is InChI=1S/C24H27FN6O2.C7H9N3/c1-14-8-19(18(25)10-21(14)33-5)29-23-17-9-22(26-11-20(17)27-13-28-23)31-12-15(2)16(24(31)32)6-7-30(3)4;1-9-6-4-2-3-5-7(6)10-8/h6,8-11,13,15H,7,12H2,1-5H3,(H,27,28,29);2-5,8-9H,1H3/b16-6+;. The highest BCUT2D eigenvalue weighted by molar-refractivity contribution is 6.09. The van der Waals surface area contributed by atoms with Crippen LogP contribution in [0.25, 0.3) is 10.9 Å². The van der Waals surface area contributed by atoms with E-state index in [4.69, 9.17) is 10.3 Å². The summed E-state index contributed by atoms with van der Waals surface area (Å²) in [5, 5.41) is 9.96. The molecule has 2 aromatic heterocycles. The lowest BCUT2D eigenvalue weighted by Gasteiger charge is -2.16. The normalized spacial score (nSPS) is 15.4. The molecule has 11 nitrogen and oxygen atoms in total. The Morgan fingerprint density at radius 3 is 2.63 bits per heavy atom. The Morgan fingerprint density at radius 1 is 1.19 bits per heavy atom. The molecule has 1 unspecified atom stereocenters. The number of carbonyl (C=O) groups is 1. The fourth-order valence-electron chi connectivity index (χ4n) is 4.67. The number of methoxy groups -OCH3 is 1. The monoisotopic (exact) mass is 585 g/mol. The molecule has 0 saturated carbocycles. The van der Waals surface area contributed by atoms with E-state index < -0.39 is 5.82 Å². The van der Waals surface area contributed by atoms with Gasteiger partial charge in [-0.25, -0.2) is 24.9 Å². The van der Waals surface area contributed by atoms with Crippen molar-refractivity contribution in [3.63, 3.8) is 0 Å². The van der Waals surface area contributed by atoms with Crippen molar-refractivity contribution in [2.75, 3.05) is 56.9 Å². The van der Waals surface area contributed by atoms with Crippen LogP contribution in [0.1, 0.15) is 12.5 Å². The van der Waals surface area contributed by atoms with Crippen LogP contribution in [0.15, 0.2) is 71.8 Å². The molecule has 2 aromatic carbocycles. The molecule has 0 spiro atoms. The Morgan fingerprint density at radius 2 is 1.95 bits per heavy atom. The number of carbonyl (C=O) groups excluding carboxylic acids is 1. The van der Waals surface area contributed by atoms with Gasteiger partial charge in [0.2, 0.25) is 0 Å². The van der Waals surface area contributed by atoms with E-state index in [0.29, 0.717) is 47.1 Å². The lowest BCUT2D eigenvalue weighted by molar-refractivity contribution is -0.114. The molecule has 1 aliphatic heterocycles. The minimum absolute atomic E-state index is 0.0561. The van der Waals surface area contributed by atoms with Crippen LogP contribution in [0.3, 0.4) is 0 Å². The molecule has 1 saturated heterocycles. The number of amides is 1. The summed E-state index contributed by atoms with van der Waals surface area (Å²) in [7, 11) is 7.24. The van der Waals surface area contributed by atoms with Gasteiger partial charge in [-0.15, -0.1) is 0 Å². The Kier molecular flexibility index (Phi) is 9.94. The van der Waals surface area contributed by atoms with Gasteiger partial charge in [-0.1, -0.05) is 25.1 Å². The fraction of sp³-hybridized carbons (Fsp3) is 0.290. The number of pyridine rings is 1. The van der Waals surface area contributed by atoms with Gasteiger partial charge in [-0.05, 0) is 50.8 Å². The van der Waals surface area contributed by atoms with Crippen LogP contribution < -0.4 is 20.3 Å². The molecule has 1 atom stereocenters. The predicted octanol–water partition coefficient (Wildman–Crippen LogP) is 6.09. The Labute approximate surface area is 250 Å². The number of nitrogens with one attached hydrogen (secondary N) is 3. The van der Waals surface area contributed by atoms with Gasteiger partial charge in [0.15, 0.2) is 0 Å². The molecule has 1 amide bonds. The summed E-state index contributed by atoms with van der Waals surface area (Å²) >= 11 is 0. The highest BCUT2D eigenvalue weighted by Gasteiger charge is 2.34. The first-order valence-electron chi connectivity index (χ1n) is 13.7. The van der Waals surface area contributed by atoms with Crippen molar-refractivity contribution in [3.05, 3.63) is 78.0 Å². The summed E-state index contributed by atoms with van der Waals surface area (Å²) in [6.45, 7) is 5.11. The molecule has 0 bridgehead atoms. The third kappa shape index (κ3) is 7.09. The lowest BCUT2D eigenvalue weighted by Crippen LogP contribution is -2.26. The molecule has 4 aromatic rings. The van der Waals surface area contributed by atoms with Crippen LogP contribution in [0.5, 0.6) is 5.75 Å². The van der Waals surface area contributed by atoms with Crippen LogP contribution >= 0.6 is 0 Å². The molecular formula is C31H36FN9O2. The van der Waals surface area contributed by atoms with E-state index in [0.717, 1.165) is 16.8 Å². The van der Waals surface area contributed by atoms with Crippen molar-refractivity contribution in [2.45, 2.75) is 13.8 Å². The zero-order chi connectivity index (χ0) is 31.1. The van der Waals surface area contributed by atoms with Crippen LogP contribution in [-0.4, -0.2) is 67.1 Å². The number of ether oxygens (including phenoxy) is 1. The van der Waals surface area contributed by atoms with Crippen molar-refractivity contribution in [1.82, 2.24) is 19.9 Å². The number of hydrogen-bond donors (Lipinski definition) is 3. The number of para-hydroxylation sites is 2. The third-order valence-electron chi connectivity index (χ3n) is 6.97. The SMILES string of the molecule is CNc1ccccc1N=N.COc1cc(F)c(Nc2ncnc3cnc(N4CC(C)/C(=C\CN(C)C)C4=O)cc23)cc1C. The van der Waals surface area contributed by atoms with Crippen LogP contribution in [0.2, 0.25) is 0 Å². The number of rotatable bonds is 8. The predicted molar refractivity (Wildman–Crippen MR) is 167 cm³/mol. The Bertz CT molecular complexity index is 1660. The van der Waals surface area contributed by atoms with E-state index in [-0.39, 0.29) is 17.5 Å². The molecule has 224 valence electrons. The number of anilines is 4. The molecule has 3 N–H and O–H groups in total. The Balaban J connectivity index is 0.000000359. The number of fused-ring (bicyclic) bond motifs is 1. The molecule has 0 radical (unpaired) electrons. The van der Waals surface area contributed by atoms with Gasteiger partial charge in [0, 0.05) is 43.1 Å². The summed E-state index contributed by atoms with van der Waals surface area (Å²) in [6, 6.07) is 12.2.